The van der Waals surface area contributed by atoms with Gasteiger partial charge >= 0.3 is 0 Å². The van der Waals surface area contributed by atoms with E-state index in [1.54, 1.807) is 24.3 Å². The Morgan fingerprint density at radius 2 is 1.68 bits per heavy atom. The van der Waals surface area contributed by atoms with Crippen molar-refractivity contribution in [2.75, 3.05) is 39.3 Å². The first-order valence-electron chi connectivity index (χ1n) is 10.9. The average molecular weight is 418 g/mol. The number of hydrogen-bond acceptors (Lipinski definition) is 4. The van der Waals surface area contributed by atoms with Gasteiger partial charge in [-0.2, -0.15) is 0 Å². The van der Waals surface area contributed by atoms with E-state index in [0.717, 1.165) is 43.6 Å². The standard InChI is InChI=1S/C24H26N4O3/c29-22-19-4-1-3-16-9-13-28(20(15-26-22)21(16)19)24(31)18-7-5-17(6-8-18)23(30)27-12-2-10-25-11-14-27/h1,3-8,20,25H,2,9-15H2,(H,26,29). The van der Waals surface area contributed by atoms with E-state index in [0.29, 0.717) is 36.3 Å². The van der Waals surface area contributed by atoms with Crippen LogP contribution in [0.5, 0.6) is 0 Å². The van der Waals surface area contributed by atoms with Gasteiger partial charge in [-0.1, -0.05) is 12.1 Å². The lowest BCUT2D eigenvalue weighted by atomic mass is 9.85. The molecule has 2 aromatic rings. The van der Waals surface area contributed by atoms with Gasteiger partial charge in [-0.3, -0.25) is 14.4 Å². The Hall–Kier alpha value is -3.19. The Labute approximate surface area is 181 Å². The molecule has 3 amide bonds. The van der Waals surface area contributed by atoms with Gasteiger partial charge in [0.1, 0.15) is 0 Å². The molecule has 0 spiro atoms. The topological polar surface area (TPSA) is 81.8 Å². The SMILES string of the molecule is O=C1NCC2c3c(cccc31)CCN2C(=O)c1ccc(C(=O)N2CCCNCC2)cc1. The lowest BCUT2D eigenvalue weighted by Crippen LogP contribution is -2.49. The van der Waals surface area contributed by atoms with Gasteiger partial charge in [-0.25, -0.2) is 0 Å². The number of hydrogen-bond donors (Lipinski definition) is 2. The number of benzene rings is 2. The normalized spacial score (nSPS) is 20.5. The van der Waals surface area contributed by atoms with Gasteiger partial charge in [0.2, 0.25) is 0 Å². The zero-order valence-corrected chi connectivity index (χ0v) is 17.4. The van der Waals surface area contributed by atoms with Crippen LogP contribution in [0.3, 0.4) is 0 Å². The molecule has 0 aromatic heterocycles. The summed E-state index contributed by atoms with van der Waals surface area (Å²) < 4.78 is 0. The van der Waals surface area contributed by atoms with Crippen molar-refractivity contribution < 1.29 is 14.4 Å². The lowest BCUT2D eigenvalue weighted by molar-refractivity contribution is 0.0631. The summed E-state index contributed by atoms with van der Waals surface area (Å²) in [6.45, 7) is 4.21. The summed E-state index contributed by atoms with van der Waals surface area (Å²) in [5.74, 6) is -0.136. The van der Waals surface area contributed by atoms with E-state index in [4.69, 9.17) is 0 Å². The molecule has 7 heteroatoms. The van der Waals surface area contributed by atoms with Gasteiger partial charge in [0.15, 0.2) is 0 Å². The largest absolute Gasteiger partial charge is 0.350 e. The highest BCUT2D eigenvalue weighted by Crippen LogP contribution is 2.35. The first-order valence-corrected chi connectivity index (χ1v) is 10.9. The fourth-order valence-corrected chi connectivity index (χ4v) is 4.87. The van der Waals surface area contributed by atoms with E-state index < -0.39 is 0 Å². The van der Waals surface area contributed by atoms with Crippen molar-refractivity contribution in [1.82, 2.24) is 20.4 Å². The highest BCUT2D eigenvalue weighted by Gasteiger charge is 2.37. The summed E-state index contributed by atoms with van der Waals surface area (Å²) in [5.41, 5.74) is 3.96. The number of nitrogens with zero attached hydrogens (tertiary/aromatic N) is 2. The average Bonchev–Trinajstić information content (AvgIpc) is 3.10. The minimum Gasteiger partial charge on any atom is -0.350 e. The summed E-state index contributed by atoms with van der Waals surface area (Å²) in [4.78, 5) is 42.1. The molecule has 3 aliphatic heterocycles. The molecule has 2 aromatic carbocycles. The summed E-state index contributed by atoms with van der Waals surface area (Å²) in [6.07, 6.45) is 1.68. The fraction of sp³-hybridized carbons (Fsp3) is 0.375. The predicted octanol–water partition coefficient (Wildman–Crippen LogP) is 1.61. The monoisotopic (exact) mass is 418 g/mol. The van der Waals surface area contributed by atoms with Crippen LogP contribution in [-0.2, 0) is 6.42 Å². The van der Waals surface area contributed by atoms with E-state index in [1.165, 1.54) is 0 Å². The summed E-state index contributed by atoms with van der Waals surface area (Å²) in [6, 6.07) is 12.6. The van der Waals surface area contributed by atoms with Gasteiger partial charge in [0.05, 0.1) is 6.04 Å². The molecule has 1 saturated heterocycles. The molecule has 0 bridgehead atoms. The molecule has 0 aliphatic carbocycles. The van der Waals surface area contributed by atoms with Gasteiger partial charge in [0, 0.05) is 49.4 Å². The Morgan fingerprint density at radius 3 is 2.48 bits per heavy atom. The fourth-order valence-electron chi connectivity index (χ4n) is 4.87. The highest BCUT2D eigenvalue weighted by molar-refractivity contribution is 6.00. The van der Waals surface area contributed by atoms with Crippen LogP contribution in [0.15, 0.2) is 42.5 Å². The summed E-state index contributed by atoms with van der Waals surface area (Å²) in [5, 5.41) is 6.22. The van der Waals surface area contributed by atoms with Gasteiger partial charge in [0.25, 0.3) is 17.7 Å². The quantitative estimate of drug-likeness (QED) is 0.776. The molecule has 3 aliphatic rings. The predicted molar refractivity (Wildman–Crippen MR) is 116 cm³/mol. The second-order valence-corrected chi connectivity index (χ2v) is 8.33. The highest BCUT2D eigenvalue weighted by atomic mass is 16.2. The molecule has 7 nitrogen and oxygen atoms in total. The minimum absolute atomic E-state index is 0.00855. The molecule has 1 atom stereocenters. The van der Waals surface area contributed by atoms with Crippen LogP contribution in [0, 0.1) is 0 Å². The maximum Gasteiger partial charge on any atom is 0.254 e. The van der Waals surface area contributed by atoms with Crippen LogP contribution in [0.2, 0.25) is 0 Å². The number of rotatable bonds is 2. The molecule has 0 saturated carbocycles. The lowest BCUT2D eigenvalue weighted by Gasteiger charge is -2.40. The molecular weight excluding hydrogens is 392 g/mol. The van der Waals surface area contributed by atoms with Gasteiger partial charge < -0.3 is 20.4 Å². The van der Waals surface area contributed by atoms with E-state index in [2.05, 4.69) is 10.6 Å². The molecule has 2 N–H and O–H groups in total. The van der Waals surface area contributed by atoms with Crippen molar-refractivity contribution in [3.63, 3.8) is 0 Å². The zero-order chi connectivity index (χ0) is 21.4. The number of carbonyl (C=O) groups excluding carboxylic acids is 3. The van der Waals surface area contributed by atoms with Gasteiger partial charge in [-0.05, 0) is 60.8 Å². The van der Waals surface area contributed by atoms with E-state index >= 15 is 0 Å². The van der Waals surface area contributed by atoms with Gasteiger partial charge in [-0.15, -0.1) is 0 Å². The van der Waals surface area contributed by atoms with Crippen LogP contribution in [-0.4, -0.2) is 66.8 Å². The van der Waals surface area contributed by atoms with Crippen molar-refractivity contribution in [3.8, 4) is 0 Å². The van der Waals surface area contributed by atoms with E-state index in [9.17, 15) is 14.4 Å². The third-order valence-corrected chi connectivity index (χ3v) is 6.50. The Kier molecular flexibility index (Phi) is 5.19. The van der Waals surface area contributed by atoms with Crippen molar-refractivity contribution in [2.45, 2.75) is 18.9 Å². The Morgan fingerprint density at radius 1 is 0.903 bits per heavy atom. The van der Waals surface area contributed by atoms with Crippen LogP contribution in [0.1, 0.15) is 54.7 Å². The molecule has 31 heavy (non-hydrogen) atoms. The van der Waals surface area contributed by atoms with Crippen molar-refractivity contribution in [1.29, 1.82) is 0 Å². The number of carbonyl (C=O) groups is 3. The second kappa shape index (κ2) is 8.15. The minimum atomic E-state index is -0.156. The molecular formula is C24H26N4O3. The Balaban J connectivity index is 1.36. The molecule has 160 valence electrons. The third-order valence-electron chi connectivity index (χ3n) is 6.50. The summed E-state index contributed by atoms with van der Waals surface area (Å²) in [7, 11) is 0. The molecule has 5 rings (SSSR count). The Bertz CT molecular complexity index is 1030. The maximum atomic E-state index is 13.3. The van der Waals surface area contributed by atoms with E-state index in [1.807, 2.05) is 28.0 Å². The van der Waals surface area contributed by atoms with Crippen LogP contribution in [0.25, 0.3) is 0 Å². The van der Waals surface area contributed by atoms with Crippen LogP contribution in [0.4, 0.5) is 0 Å². The molecule has 1 fully saturated rings. The van der Waals surface area contributed by atoms with Crippen LogP contribution >= 0.6 is 0 Å². The molecule has 1 unspecified atom stereocenters. The molecule has 3 heterocycles. The van der Waals surface area contributed by atoms with E-state index in [-0.39, 0.29) is 23.8 Å². The van der Waals surface area contributed by atoms with Crippen molar-refractivity contribution >= 4 is 17.7 Å². The molecule has 0 radical (unpaired) electrons. The number of nitrogens with one attached hydrogen (secondary N) is 2. The summed E-state index contributed by atoms with van der Waals surface area (Å²) >= 11 is 0. The van der Waals surface area contributed by atoms with Crippen LogP contribution < -0.4 is 10.6 Å². The third kappa shape index (κ3) is 3.59. The van der Waals surface area contributed by atoms with Crippen molar-refractivity contribution in [2.24, 2.45) is 0 Å². The first-order chi connectivity index (χ1) is 15.1. The van der Waals surface area contributed by atoms with Crippen molar-refractivity contribution in [3.05, 3.63) is 70.3 Å². The number of amides is 3. The zero-order valence-electron chi connectivity index (χ0n) is 17.4. The smallest absolute Gasteiger partial charge is 0.254 e. The first kappa shape index (κ1) is 19.8. The maximum absolute atomic E-state index is 13.3. The second-order valence-electron chi connectivity index (χ2n) is 8.33.